The summed E-state index contributed by atoms with van der Waals surface area (Å²) in [6, 6.07) is 8.72. The molecule has 1 saturated heterocycles. The lowest BCUT2D eigenvalue weighted by atomic mass is 10.1. The van der Waals surface area contributed by atoms with Gasteiger partial charge in [-0.15, -0.1) is 0 Å². The number of sulfonamides is 1. The molecule has 1 aromatic heterocycles. The zero-order valence-electron chi connectivity index (χ0n) is 24.8. The molecule has 13 nitrogen and oxygen atoms in total. The van der Waals surface area contributed by atoms with E-state index >= 15 is 0 Å². The molecule has 4 N–H and O–H groups in total. The summed E-state index contributed by atoms with van der Waals surface area (Å²) in [6.45, 7) is 0.912. The van der Waals surface area contributed by atoms with E-state index in [2.05, 4.69) is 26.1 Å². The third-order valence-corrected chi connectivity index (χ3v) is 9.46. The fourth-order valence-electron chi connectivity index (χ4n) is 4.57. The average molecular weight is 679 g/mol. The summed E-state index contributed by atoms with van der Waals surface area (Å²) in [5, 5.41) is 14.8. The molecule has 3 aromatic rings. The quantitative estimate of drug-likeness (QED) is 0.223. The number of likely N-dealkylation sites (N-methyl/N-ethyl adjacent to an activating group) is 1. The van der Waals surface area contributed by atoms with Crippen molar-refractivity contribution in [3.05, 3.63) is 76.0 Å². The predicted octanol–water partition coefficient (Wildman–Crippen LogP) is 3.62. The van der Waals surface area contributed by atoms with Crippen LogP contribution in [0.2, 0.25) is 10.0 Å². The number of piperidine rings is 1. The maximum atomic E-state index is 13.4. The van der Waals surface area contributed by atoms with E-state index in [9.17, 15) is 22.8 Å². The van der Waals surface area contributed by atoms with Crippen LogP contribution in [-0.2, 0) is 14.8 Å². The first-order valence-electron chi connectivity index (χ1n) is 13.8. The molecule has 45 heavy (non-hydrogen) atoms. The number of aromatic nitrogens is 2. The topological polar surface area (TPSA) is 166 Å². The number of carbonyl (C=O) groups is 3. The lowest BCUT2D eigenvalue weighted by Gasteiger charge is -2.31. The van der Waals surface area contributed by atoms with Gasteiger partial charge in [0, 0.05) is 43.6 Å². The zero-order chi connectivity index (χ0) is 32.7. The molecular formula is C29H33Cl2N7O6S. The average Bonchev–Trinajstić information content (AvgIpc) is 3.45. The van der Waals surface area contributed by atoms with Crippen LogP contribution in [0.15, 0.2) is 59.6 Å². The number of rotatable bonds is 11. The minimum absolute atomic E-state index is 0.0166. The molecule has 0 radical (unpaired) electrons. The van der Waals surface area contributed by atoms with Crippen LogP contribution in [0.4, 0.5) is 11.4 Å². The van der Waals surface area contributed by atoms with Crippen molar-refractivity contribution in [2.24, 2.45) is 0 Å². The minimum atomic E-state index is -3.85. The number of carbonyl (C=O) groups excluding carboxylic acids is 3. The molecule has 1 aliphatic rings. The highest BCUT2D eigenvalue weighted by atomic mass is 35.5. The van der Waals surface area contributed by atoms with Crippen molar-refractivity contribution >= 4 is 62.3 Å². The highest BCUT2D eigenvalue weighted by Gasteiger charge is 2.31. The second kappa shape index (κ2) is 14.9. The molecule has 240 valence electrons. The Morgan fingerprint density at radius 2 is 1.84 bits per heavy atom. The normalized spacial score (nSPS) is 14.4. The Hall–Kier alpha value is -3.95. The molecule has 1 fully saturated rings. The van der Waals surface area contributed by atoms with Crippen LogP contribution in [0.5, 0.6) is 5.75 Å². The van der Waals surface area contributed by atoms with E-state index in [0.29, 0.717) is 25.1 Å². The van der Waals surface area contributed by atoms with Crippen molar-refractivity contribution in [1.29, 1.82) is 0 Å². The van der Waals surface area contributed by atoms with Crippen molar-refractivity contribution in [3.8, 4) is 5.75 Å². The third-order valence-electron chi connectivity index (χ3n) is 6.87. The molecule has 3 amide bonds. The van der Waals surface area contributed by atoms with Crippen molar-refractivity contribution < 1.29 is 27.5 Å². The Morgan fingerprint density at radius 1 is 1.11 bits per heavy atom. The number of H-pyrrole nitrogens is 1. The molecule has 0 saturated carbocycles. The molecule has 2 aromatic carbocycles. The van der Waals surface area contributed by atoms with Gasteiger partial charge < -0.3 is 25.6 Å². The number of anilines is 2. The highest BCUT2D eigenvalue weighted by Crippen LogP contribution is 2.34. The Balaban J connectivity index is 1.35. The predicted molar refractivity (Wildman–Crippen MR) is 172 cm³/mol. The van der Waals surface area contributed by atoms with E-state index in [1.165, 1.54) is 48.0 Å². The summed E-state index contributed by atoms with van der Waals surface area (Å²) in [5.74, 6) is -1.33. The minimum Gasteiger partial charge on any atom is -0.495 e. The number of amides is 3. The lowest BCUT2D eigenvalue weighted by molar-refractivity contribution is -0.111. The molecule has 4 rings (SSSR count). The number of benzene rings is 2. The summed E-state index contributed by atoms with van der Waals surface area (Å²) >= 11 is 12.5. The fraction of sp³-hybridized carbons (Fsp3) is 0.310. The highest BCUT2D eigenvalue weighted by molar-refractivity contribution is 7.89. The first kappa shape index (κ1) is 33.9. The Morgan fingerprint density at radius 3 is 2.53 bits per heavy atom. The van der Waals surface area contributed by atoms with Crippen LogP contribution in [0.25, 0.3) is 0 Å². The Kier molecular flexibility index (Phi) is 11.2. The number of hydrogen-bond acceptors (Lipinski definition) is 8. The van der Waals surface area contributed by atoms with Gasteiger partial charge in [0.2, 0.25) is 15.9 Å². The van der Waals surface area contributed by atoms with Gasteiger partial charge in [0.1, 0.15) is 5.75 Å². The van der Waals surface area contributed by atoms with Crippen molar-refractivity contribution in [2.45, 2.75) is 23.8 Å². The van der Waals surface area contributed by atoms with Crippen LogP contribution < -0.4 is 20.7 Å². The van der Waals surface area contributed by atoms with Gasteiger partial charge in [0.15, 0.2) is 5.69 Å². The van der Waals surface area contributed by atoms with Crippen molar-refractivity contribution in [3.63, 3.8) is 0 Å². The second-order valence-corrected chi connectivity index (χ2v) is 13.1. The summed E-state index contributed by atoms with van der Waals surface area (Å²) < 4.78 is 33.2. The monoisotopic (exact) mass is 677 g/mol. The van der Waals surface area contributed by atoms with Gasteiger partial charge in [-0.2, -0.15) is 9.40 Å². The van der Waals surface area contributed by atoms with E-state index in [1.54, 1.807) is 18.2 Å². The first-order chi connectivity index (χ1) is 21.4. The summed E-state index contributed by atoms with van der Waals surface area (Å²) in [5.41, 5.74) is 0.371. The number of hydrogen-bond donors (Lipinski definition) is 4. The van der Waals surface area contributed by atoms with Crippen LogP contribution >= 0.6 is 23.2 Å². The Bertz CT molecular complexity index is 1700. The molecule has 2 heterocycles. The first-order valence-corrected chi connectivity index (χ1v) is 16.0. The van der Waals surface area contributed by atoms with Gasteiger partial charge in [-0.25, -0.2) is 8.42 Å². The van der Waals surface area contributed by atoms with Gasteiger partial charge in [-0.3, -0.25) is 19.5 Å². The van der Waals surface area contributed by atoms with E-state index < -0.39 is 21.8 Å². The van der Waals surface area contributed by atoms with Crippen LogP contribution in [0, 0.1) is 0 Å². The molecular weight excluding hydrogens is 645 g/mol. The Labute approximate surface area is 270 Å². The van der Waals surface area contributed by atoms with Crippen LogP contribution in [0.1, 0.15) is 33.7 Å². The number of nitrogens with zero attached hydrogens (tertiary/aromatic N) is 3. The zero-order valence-corrected chi connectivity index (χ0v) is 27.1. The lowest BCUT2D eigenvalue weighted by Crippen LogP contribution is -2.46. The molecule has 0 spiro atoms. The largest absolute Gasteiger partial charge is 0.495 e. The molecule has 0 aliphatic carbocycles. The van der Waals surface area contributed by atoms with E-state index in [4.69, 9.17) is 27.9 Å². The SMILES string of the molecule is COc1ccc(Cl)c(C(=O)Nc2c[nH]nc2C(=O)NC2CCN(S(=O)(=O)c3cccc(NC(=O)/C=C/CN(C)C)c3)CC2)c1Cl. The maximum absolute atomic E-state index is 13.4. The maximum Gasteiger partial charge on any atom is 0.274 e. The van der Waals surface area contributed by atoms with Gasteiger partial charge in [0.25, 0.3) is 11.8 Å². The molecule has 16 heteroatoms. The van der Waals surface area contributed by atoms with E-state index in [0.717, 1.165) is 0 Å². The summed E-state index contributed by atoms with van der Waals surface area (Å²) in [4.78, 5) is 40.2. The fourth-order valence-corrected chi connectivity index (χ4v) is 6.71. The number of aromatic amines is 1. The van der Waals surface area contributed by atoms with Gasteiger partial charge in [-0.1, -0.05) is 35.3 Å². The van der Waals surface area contributed by atoms with E-state index in [-0.39, 0.29) is 62.7 Å². The number of halogens is 2. The molecule has 0 bridgehead atoms. The second-order valence-electron chi connectivity index (χ2n) is 10.4. The van der Waals surface area contributed by atoms with E-state index in [1.807, 2.05) is 19.0 Å². The standard InChI is InChI=1S/C29H33Cl2N7O6S/c1-37(2)13-5-8-24(39)33-19-6-4-7-20(16-19)45(42,43)38-14-11-18(12-15-38)34-29(41)27-22(17-32-36-27)35-28(40)25-21(30)9-10-23(44-3)26(25)31/h4-10,16-18H,11-15H2,1-3H3,(H,32,36)(H,33,39)(H,34,41)(H,35,40)/b8-5+. The third kappa shape index (κ3) is 8.41. The van der Waals surface area contributed by atoms with Crippen LogP contribution in [-0.4, -0.2) is 92.4 Å². The number of ether oxygens (including phenoxy) is 1. The smallest absolute Gasteiger partial charge is 0.274 e. The van der Waals surface area contributed by atoms with Crippen molar-refractivity contribution in [1.82, 2.24) is 24.7 Å². The van der Waals surface area contributed by atoms with Gasteiger partial charge >= 0.3 is 0 Å². The molecule has 0 unspecified atom stereocenters. The summed E-state index contributed by atoms with van der Waals surface area (Å²) in [7, 11) is 1.31. The van der Waals surface area contributed by atoms with Crippen LogP contribution in [0.3, 0.4) is 0 Å². The molecule has 1 aliphatic heterocycles. The molecule has 0 atom stereocenters. The number of nitrogens with one attached hydrogen (secondary N) is 4. The van der Waals surface area contributed by atoms with Gasteiger partial charge in [0.05, 0.1) is 33.3 Å². The summed E-state index contributed by atoms with van der Waals surface area (Å²) in [6.07, 6.45) is 5.14. The van der Waals surface area contributed by atoms with Crippen molar-refractivity contribution in [2.75, 3.05) is 51.5 Å². The number of methoxy groups -OCH3 is 1. The van der Waals surface area contributed by atoms with Gasteiger partial charge in [-0.05, 0) is 57.3 Å².